The zero-order chi connectivity index (χ0) is 13.7. The number of carbonyl (C=O) groups is 1. The number of ether oxygens (including phenoxy) is 3. The molecule has 5 nitrogen and oxygen atoms in total. The van der Waals surface area contributed by atoms with Gasteiger partial charge in [-0.2, -0.15) is 0 Å². The molecule has 0 saturated carbocycles. The van der Waals surface area contributed by atoms with Crippen molar-refractivity contribution in [3.8, 4) is 5.75 Å². The van der Waals surface area contributed by atoms with Gasteiger partial charge in [0.1, 0.15) is 5.75 Å². The Morgan fingerprint density at radius 1 is 1.47 bits per heavy atom. The molecule has 0 N–H and O–H groups in total. The number of rotatable bonds is 4. The topological polar surface area (TPSA) is 48.0 Å². The number of carbonyl (C=O) groups excluding carboxylic acids is 1. The average Bonchev–Trinajstić information content (AvgIpc) is 2.47. The quantitative estimate of drug-likeness (QED) is 0.762. The van der Waals surface area contributed by atoms with Crippen molar-refractivity contribution in [1.29, 1.82) is 0 Å². The number of benzene rings is 1. The molecule has 1 unspecified atom stereocenters. The third-order valence-electron chi connectivity index (χ3n) is 3.15. The maximum Gasteiger partial charge on any atom is 0.336 e. The summed E-state index contributed by atoms with van der Waals surface area (Å²) in [5.74, 6) is 0.533. The zero-order valence-corrected chi connectivity index (χ0v) is 11.3. The van der Waals surface area contributed by atoms with Gasteiger partial charge in [-0.3, -0.25) is 4.90 Å². The first-order valence-electron chi connectivity index (χ1n) is 6.27. The van der Waals surface area contributed by atoms with Crippen molar-refractivity contribution in [2.45, 2.75) is 12.6 Å². The minimum atomic E-state index is -0.482. The first-order valence-corrected chi connectivity index (χ1v) is 6.27. The number of hydrogen-bond donors (Lipinski definition) is 0. The average molecular weight is 265 g/mol. The van der Waals surface area contributed by atoms with Crippen molar-refractivity contribution >= 4 is 5.97 Å². The fourth-order valence-electron chi connectivity index (χ4n) is 2.15. The van der Waals surface area contributed by atoms with Crippen LogP contribution in [0.1, 0.15) is 5.56 Å². The van der Waals surface area contributed by atoms with Crippen molar-refractivity contribution < 1.29 is 19.0 Å². The normalized spacial score (nSPS) is 20.0. The molecule has 1 heterocycles. The molecule has 0 radical (unpaired) electrons. The Morgan fingerprint density at radius 3 is 3.05 bits per heavy atom. The molecule has 0 amide bonds. The van der Waals surface area contributed by atoms with Crippen LogP contribution < -0.4 is 4.74 Å². The van der Waals surface area contributed by atoms with Gasteiger partial charge in [0, 0.05) is 19.6 Å². The molecule has 0 aromatic heterocycles. The van der Waals surface area contributed by atoms with E-state index < -0.39 is 6.10 Å². The van der Waals surface area contributed by atoms with Crippen molar-refractivity contribution in [1.82, 2.24) is 4.90 Å². The second-order valence-electron chi connectivity index (χ2n) is 4.47. The summed E-state index contributed by atoms with van der Waals surface area (Å²) in [6, 6.07) is 7.93. The van der Waals surface area contributed by atoms with E-state index >= 15 is 0 Å². The molecule has 1 saturated heterocycles. The van der Waals surface area contributed by atoms with Crippen molar-refractivity contribution in [2.75, 3.05) is 33.9 Å². The van der Waals surface area contributed by atoms with Gasteiger partial charge in [0.05, 0.1) is 20.8 Å². The van der Waals surface area contributed by atoms with Crippen LogP contribution in [0.15, 0.2) is 24.3 Å². The lowest BCUT2D eigenvalue weighted by Crippen LogP contribution is -2.46. The maximum absolute atomic E-state index is 11.5. The van der Waals surface area contributed by atoms with Crippen molar-refractivity contribution in [2.24, 2.45) is 0 Å². The Labute approximate surface area is 113 Å². The van der Waals surface area contributed by atoms with Crippen LogP contribution in [0.3, 0.4) is 0 Å². The molecule has 19 heavy (non-hydrogen) atoms. The van der Waals surface area contributed by atoms with Crippen LogP contribution in [-0.2, 0) is 20.8 Å². The number of morpholine rings is 1. The summed E-state index contributed by atoms with van der Waals surface area (Å²) < 4.78 is 15.3. The van der Waals surface area contributed by atoms with Crippen LogP contribution >= 0.6 is 0 Å². The molecule has 5 heteroatoms. The number of nitrogens with zero attached hydrogens (tertiary/aromatic N) is 1. The molecular formula is C14H19NO4. The predicted molar refractivity (Wildman–Crippen MR) is 70.0 cm³/mol. The van der Waals surface area contributed by atoms with E-state index in [1.807, 2.05) is 24.3 Å². The van der Waals surface area contributed by atoms with Gasteiger partial charge in [-0.1, -0.05) is 12.1 Å². The Morgan fingerprint density at radius 2 is 2.32 bits per heavy atom. The molecule has 2 rings (SSSR count). The van der Waals surface area contributed by atoms with Crippen molar-refractivity contribution in [3.05, 3.63) is 29.8 Å². The maximum atomic E-state index is 11.5. The summed E-state index contributed by atoms with van der Waals surface area (Å²) in [6.07, 6.45) is -0.482. The standard InChI is InChI=1S/C14H19NO4/c1-17-12-5-3-4-11(8-12)9-15-6-7-19-13(10-15)14(16)18-2/h3-5,8,13H,6-7,9-10H2,1-2H3. The predicted octanol–water partition coefficient (Wildman–Crippen LogP) is 1.07. The highest BCUT2D eigenvalue weighted by atomic mass is 16.6. The van der Waals surface area contributed by atoms with E-state index in [1.54, 1.807) is 7.11 Å². The Bertz CT molecular complexity index is 435. The van der Waals surface area contributed by atoms with E-state index in [1.165, 1.54) is 7.11 Å². The highest BCUT2D eigenvalue weighted by Crippen LogP contribution is 2.16. The number of methoxy groups -OCH3 is 2. The molecule has 1 aromatic rings. The molecule has 0 bridgehead atoms. The van der Waals surface area contributed by atoms with Crippen LogP contribution in [0.25, 0.3) is 0 Å². The molecule has 0 aliphatic carbocycles. The summed E-state index contributed by atoms with van der Waals surface area (Å²) in [5.41, 5.74) is 1.16. The molecule has 104 valence electrons. The van der Waals surface area contributed by atoms with Gasteiger partial charge in [-0.05, 0) is 17.7 Å². The second kappa shape index (κ2) is 6.54. The van der Waals surface area contributed by atoms with Gasteiger partial charge in [0.25, 0.3) is 0 Å². The van der Waals surface area contributed by atoms with Crippen LogP contribution in [0.4, 0.5) is 0 Å². The molecular weight excluding hydrogens is 246 g/mol. The van der Waals surface area contributed by atoms with Gasteiger partial charge >= 0.3 is 5.97 Å². The number of esters is 1. The Kier molecular flexibility index (Phi) is 4.76. The largest absolute Gasteiger partial charge is 0.497 e. The minimum Gasteiger partial charge on any atom is -0.497 e. The molecule has 1 aliphatic rings. The number of hydrogen-bond acceptors (Lipinski definition) is 5. The van der Waals surface area contributed by atoms with E-state index in [0.717, 1.165) is 24.4 Å². The fourth-order valence-corrected chi connectivity index (χ4v) is 2.15. The van der Waals surface area contributed by atoms with E-state index in [9.17, 15) is 4.79 Å². The van der Waals surface area contributed by atoms with Crippen LogP contribution in [-0.4, -0.2) is 50.9 Å². The first-order chi connectivity index (χ1) is 9.22. The highest BCUT2D eigenvalue weighted by molar-refractivity contribution is 5.74. The van der Waals surface area contributed by atoms with Crippen LogP contribution in [0.2, 0.25) is 0 Å². The lowest BCUT2D eigenvalue weighted by atomic mass is 10.2. The molecule has 1 aliphatic heterocycles. The summed E-state index contributed by atoms with van der Waals surface area (Å²) in [5, 5.41) is 0. The van der Waals surface area contributed by atoms with E-state index in [4.69, 9.17) is 14.2 Å². The van der Waals surface area contributed by atoms with Gasteiger partial charge in [-0.25, -0.2) is 4.79 Å². The Hall–Kier alpha value is -1.59. The van der Waals surface area contributed by atoms with Gasteiger partial charge in [-0.15, -0.1) is 0 Å². The van der Waals surface area contributed by atoms with Crippen molar-refractivity contribution in [3.63, 3.8) is 0 Å². The summed E-state index contributed by atoms with van der Waals surface area (Å²) in [6.45, 7) is 2.69. The van der Waals surface area contributed by atoms with E-state index in [2.05, 4.69) is 4.90 Å². The van der Waals surface area contributed by atoms with Gasteiger partial charge < -0.3 is 14.2 Å². The third kappa shape index (κ3) is 3.68. The second-order valence-corrected chi connectivity index (χ2v) is 4.47. The van der Waals surface area contributed by atoms with Crippen LogP contribution in [0, 0.1) is 0 Å². The fraction of sp³-hybridized carbons (Fsp3) is 0.500. The molecule has 1 fully saturated rings. The van der Waals surface area contributed by atoms with Gasteiger partial charge in [0.2, 0.25) is 0 Å². The summed E-state index contributed by atoms with van der Waals surface area (Å²) in [4.78, 5) is 13.7. The molecule has 1 atom stereocenters. The monoisotopic (exact) mass is 265 g/mol. The highest BCUT2D eigenvalue weighted by Gasteiger charge is 2.27. The summed E-state index contributed by atoms with van der Waals surface area (Å²) in [7, 11) is 3.04. The lowest BCUT2D eigenvalue weighted by molar-refractivity contribution is -0.160. The minimum absolute atomic E-state index is 0.310. The molecule has 0 spiro atoms. The van der Waals surface area contributed by atoms with E-state index in [-0.39, 0.29) is 5.97 Å². The third-order valence-corrected chi connectivity index (χ3v) is 3.15. The summed E-state index contributed by atoms with van der Waals surface area (Å²) >= 11 is 0. The first kappa shape index (κ1) is 13.8. The van der Waals surface area contributed by atoms with Crippen LogP contribution in [0.5, 0.6) is 5.75 Å². The lowest BCUT2D eigenvalue weighted by Gasteiger charge is -2.31. The smallest absolute Gasteiger partial charge is 0.336 e. The molecule has 1 aromatic carbocycles. The van der Waals surface area contributed by atoms with Gasteiger partial charge in [0.15, 0.2) is 6.10 Å². The SMILES string of the molecule is COC(=O)C1CN(Cc2cccc(OC)c2)CCO1. The zero-order valence-electron chi connectivity index (χ0n) is 11.3. The van der Waals surface area contributed by atoms with E-state index in [0.29, 0.717) is 13.2 Å². The Balaban J connectivity index is 1.96.